The van der Waals surface area contributed by atoms with Gasteiger partial charge in [0, 0.05) is 6.04 Å². The van der Waals surface area contributed by atoms with E-state index >= 15 is 0 Å². The first-order chi connectivity index (χ1) is 10.1. The molecule has 0 spiro atoms. The Labute approximate surface area is 125 Å². The van der Waals surface area contributed by atoms with Gasteiger partial charge in [-0.25, -0.2) is 4.39 Å². The summed E-state index contributed by atoms with van der Waals surface area (Å²) in [5, 5.41) is 0. The van der Waals surface area contributed by atoms with Crippen molar-refractivity contribution in [2.45, 2.75) is 38.8 Å². The van der Waals surface area contributed by atoms with Crippen LogP contribution in [-0.2, 0) is 6.42 Å². The van der Waals surface area contributed by atoms with Crippen LogP contribution in [0.3, 0.4) is 0 Å². The second kappa shape index (κ2) is 7.23. The first-order valence-corrected chi connectivity index (χ1v) is 7.40. The zero-order valence-corrected chi connectivity index (χ0v) is 12.6. The van der Waals surface area contributed by atoms with E-state index in [2.05, 4.69) is 19.1 Å². The Kier molecular flexibility index (Phi) is 5.34. The molecule has 0 aromatic heterocycles. The molecule has 0 radical (unpaired) electrons. The Balaban J connectivity index is 2.21. The van der Waals surface area contributed by atoms with Crippen LogP contribution in [0.15, 0.2) is 48.5 Å². The number of benzene rings is 2. The van der Waals surface area contributed by atoms with Gasteiger partial charge < -0.3 is 10.5 Å². The minimum Gasteiger partial charge on any atom is -0.484 e. The molecule has 0 saturated carbocycles. The van der Waals surface area contributed by atoms with Crippen LogP contribution >= 0.6 is 0 Å². The minimum absolute atomic E-state index is 0.138. The molecule has 0 heterocycles. The van der Waals surface area contributed by atoms with Gasteiger partial charge in [0.1, 0.15) is 17.7 Å². The molecule has 3 heteroatoms. The molecule has 0 bridgehead atoms. The molecular weight excluding hydrogens is 265 g/mol. The zero-order chi connectivity index (χ0) is 15.2. The molecule has 2 N–H and O–H groups in total. The first kappa shape index (κ1) is 15.5. The van der Waals surface area contributed by atoms with E-state index in [9.17, 15) is 4.39 Å². The highest BCUT2D eigenvalue weighted by Crippen LogP contribution is 2.26. The van der Waals surface area contributed by atoms with Gasteiger partial charge in [0.15, 0.2) is 0 Å². The topological polar surface area (TPSA) is 35.2 Å². The Morgan fingerprint density at radius 1 is 1.00 bits per heavy atom. The van der Waals surface area contributed by atoms with Gasteiger partial charge in [0.2, 0.25) is 0 Å². The third-order valence-electron chi connectivity index (χ3n) is 3.65. The number of hydrogen-bond acceptors (Lipinski definition) is 2. The Morgan fingerprint density at radius 3 is 2.14 bits per heavy atom. The van der Waals surface area contributed by atoms with Crippen LogP contribution < -0.4 is 10.5 Å². The summed E-state index contributed by atoms with van der Waals surface area (Å²) >= 11 is 0. The van der Waals surface area contributed by atoms with Crippen molar-refractivity contribution < 1.29 is 9.13 Å². The number of rotatable bonds is 6. The van der Waals surface area contributed by atoms with Crippen LogP contribution in [0.5, 0.6) is 5.75 Å². The molecule has 2 nitrogen and oxygen atoms in total. The van der Waals surface area contributed by atoms with E-state index in [1.807, 2.05) is 19.1 Å². The van der Waals surface area contributed by atoms with Crippen LogP contribution in [0.2, 0.25) is 0 Å². The lowest BCUT2D eigenvalue weighted by Crippen LogP contribution is -2.31. The maximum atomic E-state index is 13.1. The summed E-state index contributed by atoms with van der Waals surface area (Å²) in [5.74, 6) is 0.528. The van der Waals surface area contributed by atoms with E-state index < -0.39 is 0 Å². The smallest absolute Gasteiger partial charge is 0.139 e. The van der Waals surface area contributed by atoms with Gasteiger partial charge in [-0.3, -0.25) is 0 Å². The number of hydrogen-bond donors (Lipinski definition) is 1. The fourth-order valence-electron chi connectivity index (χ4n) is 2.22. The summed E-state index contributed by atoms with van der Waals surface area (Å²) in [7, 11) is 0. The van der Waals surface area contributed by atoms with Gasteiger partial charge in [-0.1, -0.05) is 38.1 Å². The predicted molar refractivity (Wildman–Crippen MR) is 83.9 cm³/mol. The van der Waals surface area contributed by atoms with Crippen LogP contribution in [0.1, 0.15) is 37.5 Å². The number of halogens is 1. The van der Waals surface area contributed by atoms with Crippen molar-refractivity contribution >= 4 is 0 Å². The third kappa shape index (κ3) is 4.05. The second-order valence-electron chi connectivity index (χ2n) is 5.16. The number of nitrogens with two attached hydrogens (primary N) is 1. The predicted octanol–water partition coefficient (Wildman–Crippen LogP) is 4.25. The van der Waals surface area contributed by atoms with E-state index in [0.29, 0.717) is 0 Å². The van der Waals surface area contributed by atoms with Crippen molar-refractivity contribution in [2.24, 2.45) is 5.73 Å². The zero-order valence-electron chi connectivity index (χ0n) is 12.6. The maximum Gasteiger partial charge on any atom is 0.139 e. The lowest BCUT2D eigenvalue weighted by atomic mass is 10.0. The summed E-state index contributed by atoms with van der Waals surface area (Å²) in [6.07, 6.45) is 1.51. The average molecular weight is 287 g/mol. The fourth-order valence-corrected chi connectivity index (χ4v) is 2.22. The molecule has 2 aromatic rings. The molecule has 0 saturated heterocycles. The number of ether oxygens (including phenoxy) is 1. The molecular formula is C18H22FNO. The van der Waals surface area contributed by atoms with E-state index in [-0.39, 0.29) is 18.0 Å². The summed E-state index contributed by atoms with van der Waals surface area (Å²) in [4.78, 5) is 0. The summed E-state index contributed by atoms with van der Waals surface area (Å²) < 4.78 is 19.1. The molecule has 0 aliphatic heterocycles. The molecule has 21 heavy (non-hydrogen) atoms. The Hall–Kier alpha value is -1.87. The van der Waals surface area contributed by atoms with Crippen molar-refractivity contribution in [3.63, 3.8) is 0 Å². The molecule has 2 rings (SSSR count). The maximum absolute atomic E-state index is 13.1. The van der Waals surface area contributed by atoms with E-state index in [1.54, 1.807) is 12.1 Å². The van der Waals surface area contributed by atoms with E-state index in [4.69, 9.17) is 10.5 Å². The molecule has 0 fully saturated rings. The van der Waals surface area contributed by atoms with Crippen molar-refractivity contribution in [1.82, 2.24) is 0 Å². The van der Waals surface area contributed by atoms with E-state index in [1.165, 1.54) is 17.7 Å². The molecule has 0 amide bonds. The molecule has 2 unspecified atom stereocenters. The van der Waals surface area contributed by atoms with Crippen molar-refractivity contribution in [1.29, 1.82) is 0 Å². The average Bonchev–Trinajstić information content (AvgIpc) is 2.53. The molecule has 0 aliphatic rings. The van der Waals surface area contributed by atoms with Gasteiger partial charge in [-0.2, -0.15) is 0 Å². The standard InChI is InChI=1S/C18H22FNO/c1-3-13-5-11-16(12-6-13)21-18(17(20)4-2)14-7-9-15(19)10-8-14/h5-12,17-18H,3-4,20H2,1-2H3. The normalized spacial score (nSPS) is 13.7. The molecule has 112 valence electrons. The summed E-state index contributed by atoms with van der Waals surface area (Å²) in [6, 6.07) is 14.2. The van der Waals surface area contributed by atoms with Gasteiger partial charge in [0.05, 0.1) is 0 Å². The highest BCUT2D eigenvalue weighted by atomic mass is 19.1. The molecule has 0 aliphatic carbocycles. The van der Waals surface area contributed by atoms with Gasteiger partial charge in [-0.05, 0) is 48.2 Å². The largest absolute Gasteiger partial charge is 0.484 e. The van der Waals surface area contributed by atoms with Crippen molar-refractivity contribution in [3.05, 3.63) is 65.5 Å². The molecule has 2 atom stereocenters. The highest BCUT2D eigenvalue weighted by molar-refractivity contribution is 5.29. The monoisotopic (exact) mass is 287 g/mol. The van der Waals surface area contributed by atoms with Crippen LogP contribution in [0, 0.1) is 5.82 Å². The van der Waals surface area contributed by atoms with E-state index in [0.717, 1.165) is 24.2 Å². The lowest BCUT2D eigenvalue weighted by Gasteiger charge is -2.25. The Morgan fingerprint density at radius 2 is 1.62 bits per heavy atom. The summed E-state index contributed by atoms with van der Waals surface area (Å²) in [6.45, 7) is 4.13. The van der Waals surface area contributed by atoms with Gasteiger partial charge in [0.25, 0.3) is 0 Å². The second-order valence-corrected chi connectivity index (χ2v) is 5.16. The van der Waals surface area contributed by atoms with Crippen LogP contribution in [0.25, 0.3) is 0 Å². The molecule has 2 aromatic carbocycles. The van der Waals surface area contributed by atoms with Crippen molar-refractivity contribution in [2.75, 3.05) is 0 Å². The minimum atomic E-state index is -0.275. The fraction of sp³-hybridized carbons (Fsp3) is 0.333. The quantitative estimate of drug-likeness (QED) is 0.862. The number of aryl methyl sites for hydroxylation is 1. The lowest BCUT2D eigenvalue weighted by molar-refractivity contribution is 0.171. The van der Waals surface area contributed by atoms with Crippen molar-refractivity contribution in [3.8, 4) is 5.75 Å². The SMILES string of the molecule is CCc1ccc(OC(c2ccc(F)cc2)C(N)CC)cc1. The first-order valence-electron chi connectivity index (χ1n) is 7.40. The summed E-state index contributed by atoms with van der Waals surface area (Å²) in [5.41, 5.74) is 8.33. The third-order valence-corrected chi connectivity index (χ3v) is 3.65. The van der Waals surface area contributed by atoms with Gasteiger partial charge in [-0.15, -0.1) is 0 Å². The Bertz CT molecular complexity index is 550. The highest BCUT2D eigenvalue weighted by Gasteiger charge is 2.20. The van der Waals surface area contributed by atoms with Gasteiger partial charge >= 0.3 is 0 Å². The van der Waals surface area contributed by atoms with Crippen LogP contribution in [-0.4, -0.2) is 6.04 Å². The van der Waals surface area contributed by atoms with Crippen LogP contribution in [0.4, 0.5) is 4.39 Å².